The number of benzene rings is 5. The fourth-order valence-electron chi connectivity index (χ4n) is 4.41. The van der Waals surface area contributed by atoms with Crippen LogP contribution in [0.4, 0.5) is 0 Å². The van der Waals surface area contributed by atoms with Crippen molar-refractivity contribution in [2.45, 2.75) is 37.3 Å². The van der Waals surface area contributed by atoms with Gasteiger partial charge in [0, 0.05) is 16.2 Å². The van der Waals surface area contributed by atoms with E-state index in [2.05, 4.69) is 103 Å². The highest BCUT2D eigenvalue weighted by Gasteiger charge is 2.28. The van der Waals surface area contributed by atoms with E-state index in [0.717, 1.165) is 35.8 Å². The summed E-state index contributed by atoms with van der Waals surface area (Å²) >= 11 is 1.76. The predicted molar refractivity (Wildman–Crippen MR) is 166 cm³/mol. The van der Waals surface area contributed by atoms with Crippen LogP contribution in [0.25, 0.3) is 0 Å². The highest BCUT2D eigenvalue weighted by molar-refractivity contribution is 7.99. The van der Waals surface area contributed by atoms with Crippen LogP contribution in [0.1, 0.15) is 12.8 Å². The third-order valence-electron chi connectivity index (χ3n) is 6.36. The second kappa shape index (κ2) is 12.8. The van der Waals surface area contributed by atoms with Crippen molar-refractivity contribution in [1.29, 1.82) is 0 Å². The minimum Gasteiger partial charge on any atom is -0.462 e. The molecule has 0 saturated carbocycles. The van der Waals surface area contributed by atoms with Crippen LogP contribution >= 0.6 is 11.8 Å². The van der Waals surface area contributed by atoms with Gasteiger partial charge >= 0.3 is 0 Å². The Balaban J connectivity index is 1.18. The van der Waals surface area contributed by atoms with E-state index in [0.29, 0.717) is 0 Å². The van der Waals surface area contributed by atoms with Gasteiger partial charge in [0.2, 0.25) is 0 Å². The Hall–Kier alpha value is -4.12. The molecule has 6 rings (SSSR count). The molecule has 0 amide bonds. The quantitative estimate of drug-likeness (QED) is 0.168. The molecule has 0 saturated heterocycles. The predicted octanol–water partition coefficient (Wildman–Crippen LogP) is 10.3. The zero-order valence-electron chi connectivity index (χ0n) is 22.0. The van der Waals surface area contributed by atoms with Gasteiger partial charge in [0.25, 0.3) is 0 Å². The van der Waals surface area contributed by atoms with Gasteiger partial charge in [-0.3, -0.25) is 0 Å². The van der Waals surface area contributed by atoms with E-state index in [1.54, 1.807) is 11.8 Å². The molecule has 1 aliphatic rings. The summed E-state index contributed by atoms with van der Waals surface area (Å²) in [7, 11) is -0.223. The smallest absolute Gasteiger partial charge is 0.166 e. The van der Waals surface area contributed by atoms with Crippen molar-refractivity contribution in [1.82, 2.24) is 0 Å². The van der Waals surface area contributed by atoms with Crippen LogP contribution in [0, 0.1) is 0 Å². The van der Waals surface area contributed by atoms with Crippen molar-refractivity contribution < 1.29 is 9.47 Å². The topological polar surface area (TPSA) is 18.5 Å². The Morgan fingerprint density at radius 3 is 1.62 bits per heavy atom. The Kier molecular flexibility index (Phi) is 8.37. The molecule has 1 unspecified atom stereocenters. The maximum atomic E-state index is 6.03. The van der Waals surface area contributed by atoms with Gasteiger partial charge in [0.1, 0.15) is 23.0 Å². The van der Waals surface area contributed by atoms with Crippen LogP contribution in [-0.4, -0.2) is 0 Å². The van der Waals surface area contributed by atoms with Crippen LogP contribution in [0.5, 0.6) is 17.2 Å². The van der Waals surface area contributed by atoms with Gasteiger partial charge in [-0.25, -0.2) is 0 Å². The fraction of sp³-hybridized carbons (Fsp3) is 0.0556. The summed E-state index contributed by atoms with van der Waals surface area (Å²) in [5, 5.41) is 0. The van der Waals surface area contributed by atoms with Gasteiger partial charge in [-0.1, -0.05) is 60.3 Å². The standard InChI is InChI=1S/C36H29O2S2/c1-4-10-28(11-5-1)37-30-16-20-32(21-17-30)39-33-22-26-36(27-23-33)40(34-14-8-3-9-15-34)35-24-18-31(19-25-35)38-29-12-6-2-7-13-29/h1-4,6-10,12-27H,5,11H2/q+1. The molecule has 0 bridgehead atoms. The summed E-state index contributed by atoms with van der Waals surface area (Å²) in [6, 6.07) is 46.4. The lowest BCUT2D eigenvalue weighted by molar-refractivity contribution is 0.402. The van der Waals surface area contributed by atoms with Crippen LogP contribution in [0.15, 0.2) is 182 Å². The van der Waals surface area contributed by atoms with Gasteiger partial charge in [0.05, 0.1) is 10.9 Å². The molecule has 1 aliphatic carbocycles. The molecule has 0 radical (unpaired) electrons. The van der Waals surface area contributed by atoms with Crippen molar-refractivity contribution >= 4 is 22.7 Å². The van der Waals surface area contributed by atoms with Gasteiger partial charge < -0.3 is 9.47 Å². The Bertz CT molecular complexity index is 1580. The zero-order valence-corrected chi connectivity index (χ0v) is 23.6. The number of hydrogen-bond donors (Lipinski definition) is 0. The normalized spacial score (nSPS) is 13.3. The molecule has 0 N–H and O–H groups in total. The lowest BCUT2D eigenvalue weighted by Gasteiger charge is -2.12. The summed E-state index contributed by atoms with van der Waals surface area (Å²) in [6.45, 7) is 0. The van der Waals surface area contributed by atoms with Crippen molar-refractivity contribution in [3.8, 4) is 17.2 Å². The van der Waals surface area contributed by atoms with E-state index in [4.69, 9.17) is 9.47 Å². The summed E-state index contributed by atoms with van der Waals surface area (Å²) in [5.41, 5.74) is 0. The first-order valence-corrected chi connectivity index (χ1v) is 15.4. The summed E-state index contributed by atoms with van der Waals surface area (Å²) in [5.74, 6) is 3.58. The molecule has 5 aromatic rings. The van der Waals surface area contributed by atoms with E-state index in [1.165, 1.54) is 24.5 Å². The molecule has 1 atom stereocenters. The third-order valence-corrected chi connectivity index (χ3v) is 9.61. The summed E-state index contributed by atoms with van der Waals surface area (Å²) in [4.78, 5) is 6.23. The molecule has 4 heteroatoms. The number of para-hydroxylation sites is 1. The minimum atomic E-state index is -0.223. The molecule has 0 spiro atoms. The van der Waals surface area contributed by atoms with Gasteiger partial charge in [0.15, 0.2) is 14.7 Å². The van der Waals surface area contributed by atoms with Crippen LogP contribution in [0.2, 0.25) is 0 Å². The molecular formula is C36H29O2S2+. The highest BCUT2D eigenvalue weighted by atomic mass is 32.2. The molecular weight excluding hydrogens is 529 g/mol. The van der Waals surface area contributed by atoms with Gasteiger partial charge in [-0.05, 0) is 110 Å². The molecule has 0 aliphatic heterocycles. The van der Waals surface area contributed by atoms with Crippen LogP contribution < -0.4 is 9.47 Å². The lowest BCUT2D eigenvalue weighted by atomic mass is 10.2. The third kappa shape index (κ3) is 6.71. The summed E-state index contributed by atoms with van der Waals surface area (Å²) < 4.78 is 12.0. The number of hydrogen-bond acceptors (Lipinski definition) is 3. The highest BCUT2D eigenvalue weighted by Crippen LogP contribution is 2.35. The number of rotatable bonds is 9. The minimum absolute atomic E-state index is 0.223. The first-order chi connectivity index (χ1) is 19.8. The SMILES string of the molecule is C1=CCCC(Oc2ccc(Sc3ccc([S+](c4ccccc4)c4ccc(Oc5ccccc5)cc4)cc3)cc2)=C1. The number of ether oxygens (including phenoxy) is 2. The molecule has 2 nitrogen and oxygen atoms in total. The van der Waals surface area contributed by atoms with E-state index in [-0.39, 0.29) is 10.9 Å². The Labute approximate surface area is 243 Å². The van der Waals surface area contributed by atoms with Gasteiger partial charge in [-0.2, -0.15) is 0 Å². The van der Waals surface area contributed by atoms with Crippen molar-refractivity contribution in [2.75, 3.05) is 0 Å². The summed E-state index contributed by atoms with van der Waals surface area (Å²) in [6.07, 6.45) is 8.26. The average Bonchev–Trinajstić information content (AvgIpc) is 3.02. The molecule has 40 heavy (non-hydrogen) atoms. The Morgan fingerprint density at radius 1 is 0.500 bits per heavy atom. The first-order valence-electron chi connectivity index (χ1n) is 13.3. The average molecular weight is 558 g/mol. The van der Waals surface area contributed by atoms with Crippen LogP contribution in [-0.2, 0) is 10.9 Å². The van der Waals surface area contributed by atoms with Crippen molar-refractivity contribution in [3.63, 3.8) is 0 Å². The monoisotopic (exact) mass is 557 g/mol. The maximum absolute atomic E-state index is 6.03. The van der Waals surface area contributed by atoms with Crippen LogP contribution in [0.3, 0.4) is 0 Å². The van der Waals surface area contributed by atoms with Gasteiger partial charge in [-0.15, -0.1) is 0 Å². The maximum Gasteiger partial charge on any atom is 0.166 e. The molecule has 0 aromatic heterocycles. The van der Waals surface area contributed by atoms with E-state index < -0.39 is 0 Å². The van der Waals surface area contributed by atoms with E-state index >= 15 is 0 Å². The molecule has 196 valence electrons. The number of allylic oxidation sites excluding steroid dienone is 4. The van der Waals surface area contributed by atoms with E-state index in [9.17, 15) is 0 Å². The van der Waals surface area contributed by atoms with Crippen molar-refractivity contribution in [2.24, 2.45) is 0 Å². The Morgan fingerprint density at radius 2 is 1.00 bits per heavy atom. The molecule has 0 heterocycles. The fourth-order valence-corrected chi connectivity index (χ4v) is 7.28. The largest absolute Gasteiger partial charge is 0.462 e. The first kappa shape index (κ1) is 26.1. The zero-order chi connectivity index (χ0) is 27.0. The second-order valence-electron chi connectivity index (χ2n) is 9.25. The van der Waals surface area contributed by atoms with Crippen molar-refractivity contribution in [3.05, 3.63) is 157 Å². The second-order valence-corrected chi connectivity index (χ2v) is 12.4. The van der Waals surface area contributed by atoms with E-state index in [1.807, 2.05) is 48.5 Å². The lowest BCUT2D eigenvalue weighted by Crippen LogP contribution is -2.04. The molecule has 0 fully saturated rings. The molecule has 5 aromatic carbocycles.